The molecule has 1 N–H and O–H groups in total. The highest BCUT2D eigenvalue weighted by Crippen LogP contribution is 2.12. The lowest BCUT2D eigenvalue weighted by atomic mass is 10.1. The van der Waals surface area contributed by atoms with Gasteiger partial charge in [0, 0.05) is 23.8 Å². The average molecular weight is 343 g/mol. The fourth-order valence-electron chi connectivity index (χ4n) is 2.28. The molecule has 1 fully saturated rings. The molecule has 0 saturated carbocycles. The highest BCUT2D eigenvalue weighted by atomic mass is 79.9. The van der Waals surface area contributed by atoms with Gasteiger partial charge in [0.1, 0.15) is 5.69 Å². The van der Waals surface area contributed by atoms with Crippen LogP contribution in [0.3, 0.4) is 0 Å². The van der Waals surface area contributed by atoms with Crippen molar-refractivity contribution in [2.45, 2.75) is 32.1 Å². The van der Waals surface area contributed by atoms with Crippen molar-refractivity contribution in [3.8, 4) is 0 Å². The Morgan fingerprint density at radius 3 is 2.45 bits per heavy atom. The van der Waals surface area contributed by atoms with Crippen LogP contribution in [0, 0.1) is 0 Å². The van der Waals surface area contributed by atoms with Gasteiger partial charge in [-0.3, -0.25) is 4.79 Å². The number of H-pyrrole nitrogens is 1. The first kappa shape index (κ1) is 15.1. The molecule has 1 aliphatic heterocycles. The third-order valence-corrected chi connectivity index (χ3v) is 3.86. The van der Waals surface area contributed by atoms with Gasteiger partial charge in [0.25, 0.3) is 5.91 Å². The molecule has 0 aliphatic carbocycles. The molecule has 1 aliphatic rings. The Morgan fingerprint density at radius 1 is 1.20 bits per heavy atom. The summed E-state index contributed by atoms with van der Waals surface area (Å²) >= 11 is 3.24. The monoisotopic (exact) mass is 342 g/mol. The molecule has 0 radical (unpaired) electrons. The fourth-order valence-corrected chi connectivity index (χ4v) is 2.62. The van der Waals surface area contributed by atoms with Gasteiger partial charge in [-0.05, 0) is 34.8 Å². The van der Waals surface area contributed by atoms with Gasteiger partial charge in [-0.25, -0.2) is 4.79 Å². The van der Waals surface area contributed by atoms with Crippen LogP contribution in [0.1, 0.15) is 42.6 Å². The maximum absolute atomic E-state index is 12.0. The van der Waals surface area contributed by atoms with Crippen LogP contribution >= 0.6 is 15.9 Å². The largest absolute Gasteiger partial charge is 0.451 e. The molecule has 6 heteroatoms. The minimum absolute atomic E-state index is 0.106. The molecule has 1 amide bonds. The second-order valence-electron chi connectivity index (χ2n) is 4.96. The number of nitrogens with zero attached hydrogens (tertiary/aromatic N) is 1. The summed E-state index contributed by atoms with van der Waals surface area (Å²) in [5.74, 6) is -0.609. The van der Waals surface area contributed by atoms with Crippen molar-refractivity contribution < 1.29 is 14.3 Å². The second kappa shape index (κ2) is 7.47. The van der Waals surface area contributed by atoms with Crippen LogP contribution < -0.4 is 0 Å². The van der Waals surface area contributed by atoms with Crippen LogP contribution in [0.25, 0.3) is 0 Å². The number of aromatic nitrogens is 1. The van der Waals surface area contributed by atoms with Crippen LogP contribution in [0.4, 0.5) is 0 Å². The lowest BCUT2D eigenvalue weighted by Gasteiger charge is -2.24. The van der Waals surface area contributed by atoms with Crippen molar-refractivity contribution in [1.82, 2.24) is 9.88 Å². The molecule has 0 bridgehead atoms. The standard InChI is InChI=1S/C14H19BrN2O3/c15-11-8-12(16-9-11)14(19)20-10-13(18)17-6-4-2-1-3-5-7-17/h8-9,16H,1-7,10H2. The fraction of sp³-hybridized carbons (Fsp3) is 0.571. The number of aromatic amines is 1. The van der Waals surface area contributed by atoms with Crippen molar-refractivity contribution in [3.05, 3.63) is 22.4 Å². The number of hydrogen-bond donors (Lipinski definition) is 1. The predicted molar refractivity (Wildman–Crippen MR) is 78.4 cm³/mol. The predicted octanol–water partition coefficient (Wildman–Crippen LogP) is 2.73. The summed E-state index contributed by atoms with van der Waals surface area (Å²) in [6, 6.07) is 1.63. The van der Waals surface area contributed by atoms with Crippen LogP contribution in [-0.4, -0.2) is 41.5 Å². The molecule has 110 valence electrons. The van der Waals surface area contributed by atoms with Crippen LogP contribution in [0.2, 0.25) is 0 Å². The maximum atomic E-state index is 12.0. The molecule has 2 rings (SSSR count). The summed E-state index contributed by atoms with van der Waals surface area (Å²) < 4.78 is 5.82. The Hall–Kier alpha value is -1.30. The molecule has 1 aromatic heterocycles. The molecule has 0 atom stereocenters. The summed E-state index contributed by atoms with van der Waals surface area (Å²) in [7, 11) is 0. The Morgan fingerprint density at radius 2 is 1.85 bits per heavy atom. The number of nitrogens with one attached hydrogen (secondary N) is 1. The van der Waals surface area contributed by atoms with Gasteiger partial charge in [0.05, 0.1) is 0 Å². The maximum Gasteiger partial charge on any atom is 0.355 e. The first-order valence-electron chi connectivity index (χ1n) is 6.95. The summed E-state index contributed by atoms with van der Waals surface area (Å²) in [5, 5.41) is 0. The van der Waals surface area contributed by atoms with E-state index in [-0.39, 0.29) is 12.5 Å². The summed E-state index contributed by atoms with van der Waals surface area (Å²) in [6.45, 7) is 1.35. The van der Waals surface area contributed by atoms with Crippen molar-refractivity contribution in [2.24, 2.45) is 0 Å². The molecule has 2 heterocycles. The number of carbonyl (C=O) groups excluding carboxylic acids is 2. The topological polar surface area (TPSA) is 62.4 Å². The van der Waals surface area contributed by atoms with E-state index in [1.54, 1.807) is 17.2 Å². The normalized spacial score (nSPS) is 16.4. The second-order valence-corrected chi connectivity index (χ2v) is 5.87. The van der Waals surface area contributed by atoms with Crippen LogP contribution in [0.5, 0.6) is 0 Å². The van der Waals surface area contributed by atoms with Gasteiger partial charge >= 0.3 is 5.97 Å². The van der Waals surface area contributed by atoms with Crippen molar-refractivity contribution in [2.75, 3.05) is 19.7 Å². The zero-order chi connectivity index (χ0) is 14.4. The van der Waals surface area contributed by atoms with E-state index in [1.165, 1.54) is 19.3 Å². The molecular formula is C14H19BrN2O3. The van der Waals surface area contributed by atoms with Gasteiger partial charge in [0.15, 0.2) is 6.61 Å². The van der Waals surface area contributed by atoms with E-state index in [4.69, 9.17) is 4.74 Å². The molecule has 0 spiro atoms. The summed E-state index contributed by atoms with van der Waals surface area (Å²) in [6.07, 6.45) is 7.29. The van der Waals surface area contributed by atoms with E-state index in [1.807, 2.05) is 0 Å². The van der Waals surface area contributed by atoms with Crippen molar-refractivity contribution in [1.29, 1.82) is 0 Å². The van der Waals surface area contributed by atoms with Gasteiger partial charge in [0.2, 0.25) is 0 Å². The lowest BCUT2D eigenvalue weighted by Crippen LogP contribution is -2.36. The summed E-state index contributed by atoms with van der Waals surface area (Å²) in [4.78, 5) is 28.3. The van der Waals surface area contributed by atoms with Crippen LogP contribution in [-0.2, 0) is 9.53 Å². The number of halogens is 1. The van der Waals surface area contributed by atoms with Gasteiger partial charge in [-0.2, -0.15) is 0 Å². The lowest BCUT2D eigenvalue weighted by molar-refractivity contribution is -0.134. The third kappa shape index (κ3) is 4.37. The Kier molecular flexibility index (Phi) is 5.64. The molecule has 1 aromatic rings. The van der Waals surface area contributed by atoms with E-state index in [2.05, 4.69) is 20.9 Å². The Balaban J connectivity index is 1.80. The number of amides is 1. The van der Waals surface area contributed by atoms with Crippen LogP contribution in [0.15, 0.2) is 16.7 Å². The van der Waals surface area contributed by atoms with E-state index in [0.29, 0.717) is 5.69 Å². The first-order chi connectivity index (χ1) is 9.66. The molecule has 5 nitrogen and oxygen atoms in total. The van der Waals surface area contributed by atoms with Crippen molar-refractivity contribution in [3.63, 3.8) is 0 Å². The number of ether oxygens (including phenoxy) is 1. The highest BCUT2D eigenvalue weighted by Gasteiger charge is 2.17. The van der Waals surface area contributed by atoms with E-state index in [0.717, 1.165) is 30.4 Å². The van der Waals surface area contributed by atoms with E-state index >= 15 is 0 Å². The molecule has 20 heavy (non-hydrogen) atoms. The van der Waals surface area contributed by atoms with Gasteiger partial charge in [-0.1, -0.05) is 19.3 Å². The molecule has 1 saturated heterocycles. The van der Waals surface area contributed by atoms with E-state index < -0.39 is 5.97 Å². The number of likely N-dealkylation sites (tertiary alicyclic amines) is 1. The zero-order valence-corrected chi connectivity index (χ0v) is 12.9. The number of esters is 1. The third-order valence-electron chi connectivity index (χ3n) is 3.40. The minimum atomic E-state index is -0.504. The Labute approximate surface area is 126 Å². The zero-order valence-electron chi connectivity index (χ0n) is 11.4. The highest BCUT2D eigenvalue weighted by molar-refractivity contribution is 9.10. The Bertz CT molecular complexity index is 465. The first-order valence-corrected chi connectivity index (χ1v) is 7.75. The summed E-state index contributed by atoms with van der Waals surface area (Å²) in [5.41, 5.74) is 0.345. The van der Waals surface area contributed by atoms with Crippen molar-refractivity contribution >= 4 is 27.8 Å². The molecular weight excluding hydrogens is 324 g/mol. The van der Waals surface area contributed by atoms with Gasteiger partial charge < -0.3 is 14.6 Å². The molecule has 0 unspecified atom stereocenters. The van der Waals surface area contributed by atoms with E-state index in [9.17, 15) is 9.59 Å². The average Bonchev–Trinajstić information content (AvgIpc) is 2.82. The SMILES string of the molecule is O=C(OCC(=O)N1CCCCCCC1)c1cc(Br)c[nH]1. The number of carbonyl (C=O) groups is 2. The quantitative estimate of drug-likeness (QED) is 0.859. The number of rotatable bonds is 3. The number of hydrogen-bond acceptors (Lipinski definition) is 3. The minimum Gasteiger partial charge on any atom is -0.451 e. The smallest absolute Gasteiger partial charge is 0.355 e. The van der Waals surface area contributed by atoms with Gasteiger partial charge in [-0.15, -0.1) is 0 Å². The molecule has 0 aromatic carbocycles.